The van der Waals surface area contributed by atoms with Crippen molar-refractivity contribution < 1.29 is 37.6 Å². The molecule has 0 fully saturated rings. The zero-order chi connectivity index (χ0) is 32.9. The number of hydrogen-bond donors (Lipinski definition) is 0. The molecule has 2 rings (SSSR count). The molecule has 0 radical (unpaired) electrons. The van der Waals surface area contributed by atoms with Gasteiger partial charge >= 0.3 is 12.2 Å². The Bertz CT molecular complexity index is 1140. The number of ketones is 2. The van der Waals surface area contributed by atoms with E-state index >= 15 is 0 Å². The summed E-state index contributed by atoms with van der Waals surface area (Å²) in [7, 11) is 14.7. The van der Waals surface area contributed by atoms with Crippen LogP contribution in [0.4, 0.5) is 9.59 Å². The summed E-state index contributed by atoms with van der Waals surface area (Å²) in [5.74, 6) is 1.47. The van der Waals surface area contributed by atoms with Crippen LogP contribution in [0.5, 0.6) is 11.5 Å². The van der Waals surface area contributed by atoms with Crippen LogP contribution in [0, 0.1) is 0 Å². The highest BCUT2D eigenvalue weighted by Gasteiger charge is 2.22. The summed E-state index contributed by atoms with van der Waals surface area (Å²) in [6.45, 7) is 2.30. The molecule has 242 valence electrons. The number of carbonyl (C=O) groups excluding carboxylic acids is 4. The number of quaternary nitrogens is 2. The number of ether oxygens (including phenoxy) is 2. The molecule has 0 unspecified atom stereocenters. The monoisotopic (exact) mass is 612 g/mol. The van der Waals surface area contributed by atoms with Gasteiger partial charge in [-0.15, -0.1) is 0 Å². The summed E-state index contributed by atoms with van der Waals surface area (Å²) in [6.07, 6.45) is 3.79. The Labute approximate surface area is 263 Å². The van der Waals surface area contributed by atoms with Gasteiger partial charge in [0.1, 0.15) is 37.7 Å². The van der Waals surface area contributed by atoms with Gasteiger partial charge in [0.2, 0.25) is 0 Å². The molecule has 10 nitrogen and oxygen atoms in total. The normalized spacial score (nSPS) is 11.5. The number of carbonyl (C=O) groups is 4. The van der Waals surface area contributed by atoms with Gasteiger partial charge in [-0.3, -0.25) is 9.59 Å². The third-order valence-corrected chi connectivity index (χ3v) is 7.08. The van der Waals surface area contributed by atoms with Crippen LogP contribution in [-0.2, 0) is 22.7 Å². The van der Waals surface area contributed by atoms with Crippen LogP contribution in [0.15, 0.2) is 48.5 Å². The molecule has 2 amide bonds. The highest BCUT2D eigenvalue weighted by atomic mass is 16.6. The Kier molecular flexibility index (Phi) is 14.0. The van der Waals surface area contributed by atoms with Crippen LogP contribution in [0.2, 0.25) is 0 Å². The smallest absolute Gasteiger partial charge is 0.410 e. The fourth-order valence-corrected chi connectivity index (χ4v) is 4.92. The van der Waals surface area contributed by atoms with Gasteiger partial charge in [0, 0.05) is 52.2 Å². The number of unbranched alkanes of at least 4 members (excludes halogenated alkanes) is 3. The molecule has 0 saturated carbocycles. The molecule has 0 aliphatic carbocycles. The number of nitrogens with zero attached hydrogens (tertiary/aromatic N) is 4. The van der Waals surface area contributed by atoms with Gasteiger partial charge in [0.25, 0.3) is 0 Å². The van der Waals surface area contributed by atoms with Crippen molar-refractivity contribution >= 4 is 23.8 Å². The Morgan fingerprint density at radius 1 is 0.545 bits per heavy atom. The minimum atomic E-state index is -0.420. The van der Waals surface area contributed by atoms with Crippen molar-refractivity contribution in [1.82, 2.24) is 9.80 Å². The summed E-state index contributed by atoms with van der Waals surface area (Å²) in [5, 5.41) is 0. The van der Waals surface area contributed by atoms with Crippen molar-refractivity contribution in [2.24, 2.45) is 0 Å². The molecular weight excluding hydrogens is 560 g/mol. The topological polar surface area (TPSA) is 93.2 Å². The van der Waals surface area contributed by atoms with Crippen LogP contribution in [-0.4, -0.2) is 112 Å². The van der Waals surface area contributed by atoms with E-state index in [0.717, 1.165) is 36.8 Å². The molecule has 44 heavy (non-hydrogen) atoms. The van der Waals surface area contributed by atoms with Crippen LogP contribution in [0.1, 0.15) is 49.7 Å². The predicted octanol–water partition coefficient (Wildman–Crippen LogP) is 5.14. The second-order valence-corrected chi connectivity index (χ2v) is 13.3. The zero-order valence-corrected chi connectivity index (χ0v) is 27.9. The van der Waals surface area contributed by atoms with Crippen molar-refractivity contribution in [2.75, 3.05) is 69.5 Å². The summed E-state index contributed by atoms with van der Waals surface area (Å²) in [5.41, 5.74) is 2.14. The summed E-state index contributed by atoms with van der Waals surface area (Å²) in [6, 6.07) is 14.8. The van der Waals surface area contributed by atoms with Gasteiger partial charge in [0.15, 0.2) is 11.6 Å². The van der Waals surface area contributed by atoms with Crippen LogP contribution in [0.3, 0.4) is 0 Å². The van der Waals surface area contributed by atoms with Gasteiger partial charge in [-0.1, -0.05) is 12.8 Å². The molecule has 2 aromatic carbocycles. The maximum atomic E-state index is 12.7. The van der Waals surface area contributed by atoms with Crippen molar-refractivity contribution in [1.29, 1.82) is 0 Å². The van der Waals surface area contributed by atoms with E-state index in [-0.39, 0.29) is 11.6 Å². The molecule has 0 bridgehead atoms. The van der Waals surface area contributed by atoms with E-state index in [4.69, 9.17) is 9.47 Å². The molecule has 0 N–H and O–H groups in total. The minimum absolute atomic E-state index is 0.241. The fourth-order valence-electron chi connectivity index (χ4n) is 4.92. The van der Waals surface area contributed by atoms with Gasteiger partial charge in [-0.05, 0) is 61.4 Å². The molecule has 2 aromatic rings. The van der Waals surface area contributed by atoms with Gasteiger partial charge in [0.05, 0.1) is 28.2 Å². The average Bonchev–Trinajstić information content (AvgIpc) is 2.91. The molecule has 0 atom stereocenters. The van der Waals surface area contributed by atoms with Crippen molar-refractivity contribution in [2.45, 2.75) is 51.6 Å². The Morgan fingerprint density at radius 3 is 1.16 bits per heavy atom. The number of Topliss-reactive ketones (excluding diaryl/α,β-unsaturated/α-hetero) is 2. The van der Waals surface area contributed by atoms with E-state index in [2.05, 4.69) is 0 Å². The van der Waals surface area contributed by atoms with Crippen LogP contribution in [0.25, 0.3) is 0 Å². The maximum Gasteiger partial charge on any atom is 0.414 e. The first kappa shape index (κ1) is 36.4. The molecule has 0 aromatic heterocycles. The quantitative estimate of drug-likeness (QED) is 0.182. The summed E-state index contributed by atoms with van der Waals surface area (Å²) >= 11 is 0. The molecule has 0 aliphatic rings. The third-order valence-electron chi connectivity index (χ3n) is 7.08. The predicted molar refractivity (Wildman–Crippen MR) is 171 cm³/mol. The van der Waals surface area contributed by atoms with Crippen LogP contribution >= 0.6 is 0 Å². The number of benzene rings is 2. The lowest BCUT2D eigenvalue weighted by Crippen LogP contribution is -2.43. The molecular formula is C34H52N4O6+2. The van der Waals surface area contributed by atoms with E-state index in [1.54, 1.807) is 52.5 Å². The minimum Gasteiger partial charge on any atom is -0.410 e. The van der Waals surface area contributed by atoms with E-state index < -0.39 is 12.2 Å². The van der Waals surface area contributed by atoms with E-state index in [1.807, 2.05) is 52.5 Å². The van der Waals surface area contributed by atoms with Gasteiger partial charge in [-0.2, -0.15) is 0 Å². The van der Waals surface area contributed by atoms with Gasteiger partial charge < -0.3 is 28.2 Å². The third kappa shape index (κ3) is 14.1. The second kappa shape index (κ2) is 16.9. The molecule has 10 heteroatoms. The van der Waals surface area contributed by atoms with E-state index in [1.165, 1.54) is 9.80 Å². The lowest BCUT2D eigenvalue weighted by atomic mass is 10.1. The molecule has 0 spiro atoms. The lowest BCUT2D eigenvalue weighted by molar-refractivity contribution is -0.895. The fraction of sp³-hybridized carbons (Fsp3) is 0.529. The largest absolute Gasteiger partial charge is 0.414 e. The lowest BCUT2D eigenvalue weighted by Gasteiger charge is -2.29. The standard InChI is InChI=1S/C34H52N4O6/c1-35(2)33(41)43-31-19-15-27(16-20-31)23-37(5,6)25-29(39)13-11-9-10-12-14-30(40)26-38(7,8)24-28-17-21-32(22-18-28)44-34(42)36(3)4/h15-22H,9-14,23-26H2,1-8H3/q+2. The first-order chi connectivity index (χ1) is 20.5. The van der Waals surface area contributed by atoms with Crippen molar-refractivity contribution in [3.63, 3.8) is 0 Å². The molecule has 0 aliphatic heterocycles. The number of likely N-dealkylation sites (N-methyl/N-ethyl adjacent to an activating group) is 2. The SMILES string of the molecule is CN(C)C(=O)Oc1ccc(C[N+](C)(C)CC(=O)CCCCCCC(=O)C[N+](C)(C)Cc2ccc(OC(=O)N(C)C)cc2)cc1. The Balaban J connectivity index is 1.64. The maximum absolute atomic E-state index is 12.7. The van der Waals surface area contributed by atoms with E-state index in [9.17, 15) is 19.2 Å². The first-order valence-corrected chi connectivity index (χ1v) is 15.2. The number of rotatable bonds is 17. The average molecular weight is 613 g/mol. The highest BCUT2D eigenvalue weighted by molar-refractivity contribution is 5.80. The zero-order valence-electron chi connectivity index (χ0n) is 27.9. The number of amides is 2. The first-order valence-electron chi connectivity index (χ1n) is 15.2. The van der Waals surface area contributed by atoms with Crippen molar-refractivity contribution in [3.05, 3.63) is 59.7 Å². The van der Waals surface area contributed by atoms with E-state index in [0.29, 0.717) is 59.5 Å². The summed E-state index contributed by atoms with van der Waals surface area (Å²) in [4.78, 5) is 51.5. The van der Waals surface area contributed by atoms with Gasteiger partial charge in [-0.25, -0.2) is 9.59 Å². The van der Waals surface area contributed by atoms with Crippen LogP contribution < -0.4 is 9.47 Å². The second-order valence-electron chi connectivity index (χ2n) is 13.3. The highest BCUT2D eigenvalue weighted by Crippen LogP contribution is 2.18. The molecule has 0 heterocycles. The Hall–Kier alpha value is -3.76. The molecule has 0 saturated heterocycles. The summed E-state index contributed by atoms with van der Waals surface area (Å²) < 4.78 is 11.6. The number of hydrogen-bond acceptors (Lipinski definition) is 6. The van der Waals surface area contributed by atoms with Crippen molar-refractivity contribution in [3.8, 4) is 11.5 Å². The Morgan fingerprint density at radius 2 is 0.864 bits per heavy atom.